The lowest BCUT2D eigenvalue weighted by molar-refractivity contribution is -0.145. The van der Waals surface area contributed by atoms with E-state index in [0.29, 0.717) is 25.8 Å². The summed E-state index contributed by atoms with van der Waals surface area (Å²) in [5.74, 6) is -1.32. The molecule has 0 unspecified atom stereocenters. The van der Waals surface area contributed by atoms with Crippen LogP contribution in [-0.4, -0.2) is 54.4 Å². The summed E-state index contributed by atoms with van der Waals surface area (Å²) in [7, 11) is 1.25. The summed E-state index contributed by atoms with van der Waals surface area (Å²) in [6, 6.07) is 8.93. The maximum atomic E-state index is 13.1. The number of methoxy groups -OCH3 is 1. The predicted octanol–water partition coefficient (Wildman–Crippen LogP) is 2.73. The van der Waals surface area contributed by atoms with Crippen molar-refractivity contribution in [2.24, 2.45) is 11.8 Å². The molecule has 35 heavy (non-hydrogen) atoms. The molecule has 1 aromatic carbocycles. The molecule has 10 heteroatoms. The van der Waals surface area contributed by atoms with Gasteiger partial charge in [0.15, 0.2) is 0 Å². The van der Waals surface area contributed by atoms with Crippen molar-refractivity contribution < 1.29 is 28.7 Å². The average Bonchev–Trinajstić information content (AvgIpc) is 3.45. The Labute approximate surface area is 210 Å². The summed E-state index contributed by atoms with van der Waals surface area (Å²) in [5.41, 5.74) is 0.604. The molecule has 1 saturated carbocycles. The number of ether oxygens (including phenoxy) is 2. The van der Waals surface area contributed by atoms with Gasteiger partial charge >= 0.3 is 12.1 Å². The van der Waals surface area contributed by atoms with Crippen LogP contribution in [0.4, 0.5) is 4.79 Å². The van der Waals surface area contributed by atoms with Gasteiger partial charge in [-0.2, -0.15) is 0 Å². The number of rotatable bonds is 12. The van der Waals surface area contributed by atoms with Gasteiger partial charge in [-0.1, -0.05) is 44.2 Å². The Morgan fingerprint density at radius 1 is 1.20 bits per heavy atom. The van der Waals surface area contributed by atoms with Gasteiger partial charge in [0.05, 0.1) is 7.11 Å². The van der Waals surface area contributed by atoms with Crippen molar-refractivity contribution in [3.05, 3.63) is 35.9 Å². The minimum absolute atomic E-state index is 0.129. The van der Waals surface area contributed by atoms with Crippen molar-refractivity contribution in [1.82, 2.24) is 15.4 Å². The maximum Gasteiger partial charge on any atom is 0.417 e. The molecule has 3 rings (SSSR count). The Bertz CT molecular complexity index is 906. The summed E-state index contributed by atoms with van der Waals surface area (Å²) < 4.78 is 13.2. The number of nitrogens with one attached hydrogen (secondary N) is 3. The smallest absolute Gasteiger partial charge is 0.417 e. The first-order valence-electron chi connectivity index (χ1n) is 12.1. The summed E-state index contributed by atoms with van der Waals surface area (Å²) >= 11 is 0.977. The van der Waals surface area contributed by atoms with Crippen LogP contribution in [0.1, 0.15) is 51.5 Å². The first-order chi connectivity index (χ1) is 16.7. The zero-order chi connectivity index (χ0) is 25.4. The highest BCUT2D eigenvalue weighted by molar-refractivity contribution is 7.99. The van der Waals surface area contributed by atoms with Crippen molar-refractivity contribution >= 4 is 35.8 Å². The highest BCUT2D eigenvalue weighted by atomic mass is 32.2. The van der Waals surface area contributed by atoms with Crippen molar-refractivity contribution in [1.29, 1.82) is 0 Å². The molecule has 9 nitrogen and oxygen atoms in total. The summed E-state index contributed by atoms with van der Waals surface area (Å²) in [6.45, 7) is 4.49. The van der Waals surface area contributed by atoms with Gasteiger partial charge in [0.2, 0.25) is 11.8 Å². The fourth-order valence-corrected chi connectivity index (χ4v) is 5.11. The van der Waals surface area contributed by atoms with Crippen molar-refractivity contribution in [2.45, 2.75) is 69.3 Å². The molecule has 0 spiro atoms. The second-order valence-corrected chi connectivity index (χ2v) is 10.7. The van der Waals surface area contributed by atoms with E-state index in [1.54, 1.807) is 0 Å². The molecule has 0 aromatic heterocycles. The second kappa shape index (κ2) is 12.3. The third kappa shape index (κ3) is 8.16. The van der Waals surface area contributed by atoms with E-state index in [4.69, 9.17) is 9.47 Å². The van der Waals surface area contributed by atoms with E-state index in [9.17, 15) is 19.2 Å². The van der Waals surface area contributed by atoms with Crippen LogP contribution in [0.2, 0.25) is 0 Å². The van der Waals surface area contributed by atoms with E-state index >= 15 is 0 Å². The monoisotopic (exact) mass is 505 g/mol. The summed E-state index contributed by atoms with van der Waals surface area (Å²) in [5, 5.41) is 4.83. The summed E-state index contributed by atoms with van der Waals surface area (Å²) in [4.78, 5) is 49.9. The van der Waals surface area contributed by atoms with E-state index in [2.05, 4.69) is 15.4 Å². The zero-order valence-corrected chi connectivity index (χ0v) is 21.3. The first kappa shape index (κ1) is 26.8. The SMILES string of the molecule is COC(=O)[C@H](C[C@@H]1CCNC1=O)NC(=O)[C@H](CC(C)C)SNC(=O)OC1(Cc2ccccc2)CC1. The molecule has 3 atom stereocenters. The van der Waals surface area contributed by atoms with Gasteiger partial charge in [0.1, 0.15) is 16.9 Å². The molecule has 0 radical (unpaired) electrons. The van der Waals surface area contributed by atoms with Gasteiger partial charge in [-0.25, -0.2) is 9.59 Å². The minimum Gasteiger partial charge on any atom is -0.467 e. The van der Waals surface area contributed by atoms with Crippen LogP contribution < -0.4 is 15.4 Å². The molecule has 1 aromatic rings. The molecular weight excluding hydrogens is 470 g/mol. The number of benzene rings is 1. The van der Waals surface area contributed by atoms with Crippen molar-refractivity contribution in [3.63, 3.8) is 0 Å². The van der Waals surface area contributed by atoms with Gasteiger partial charge < -0.3 is 20.1 Å². The quantitative estimate of drug-likeness (QED) is 0.295. The third-order valence-corrected chi connectivity index (χ3v) is 7.21. The lowest BCUT2D eigenvalue weighted by Gasteiger charge is -2.24. The highest BCUT2D eigenvalue weighted by Gasteiger charge is 2.47. The fraction of sp³-hybridized carbons (Fsp3) is 0.600. The molecule has 1 saturated heterocycles. The van der Waals surface area contributed by atoms with Crippen molar-refractivity contribution in [3.8, 4) is 0 Å². The van der Waals surface area contributed by atoms with Gasteiger partial charge in [-0.05, 0) is 55.5 Å². The fourth-order valence-electron chi connectivity index (χ4n) is 4.17. The third-order valence-electron chi connectivity index (χ3n) is 6.23. The lowest BCUT2D eigenvalue weighted by Crippen LogP contribution is -2.47. The number of hydrogen-bond acceptors (Lipinski definition) is 7. The van der Waals surface area contributed by atoms with Gasteiger partial charge in [0, 0.05) is 18.9 Å². The molecule has 1 heterocycles. The Kier molecular flexibility index (Phi) is 9.42. The van der Waals surface area contributed by atoms with E-state index in [1.807, 2.05) is 44.2 Å². The summed E-state index contributed by atoms with van der Waals surface area (Å²) in [6.07, 6.45) is 2.90. The Hall–Kier alpha value is -2.75. The van der Waals surface area contributed by atoms with E-state index in [0.717, 1.165) is 30.4 Å². The van der Waals surface area contributed by atoms with Gasteiger partial charge in [0.25, 0.3) is 0 Å². The van der Waals surface area contributed by atoms with Crippen LogP contribution in [0, 0.1) is 11.8 Å². The largest absolute Gasteiger partial charge is 0.467 e. The Balaban J connectivity index is 1.55. The molecule has 1 aliphatic carbocycles. The standard InChI is InChI=1S/C25H35N3O6S/c1-16(2)13-20(22(30)27-19(23(31)33-3)14-18-9-12-26-21(18)29)35-28-24(32)34-25(10-11-25)15-17-7-5-4-6-8-17/h4-8,16,18-20H,9-15H2,1-3H3,(H,26,29)(H,27,30)(H,28,32)/t18-,19-,20-/m0/s1. The normalized spacial score (nSPS) is 19.9. The predicted molar refractivity (Wildman–Crippen MR) is 132 cm³/mol. The molecule has 1 aliphatic heterocycles. The first-order valence-corrected chi connectivity index (χ1v) is 12.9. The Morgan fingerprint density at radius 3 is 2.49 bits per heavy atom. The molecule has 3 N–H and O–H groups in total. The molecule has 192 valence electrons. The van der Waals surface area contributed by atoms with Crippen LogP contribution in [-0.2, 0) is 30.3 Å². The van der Waals surface area contributed by atoms with Crippen LogP contribution >= 0.6 is 11.9 Å². The van der Waals surface area contributed by atoms with E-state index in [-0.39, 0.29) is 24.2 Å². The minimum atomic E-state index is -0.941. The highest BCUT2D eigenvalue weighted by Crippen LogP contribution is 2.42. The maximum absolute atomic E-state index is 13.1. The van der Waals surface area contributed by atoms with Crippen LogP contribution in [0.3, 0.4) is 0 Å². The topological polar surface area (TPSA) is 123 Å². The molecule has 2 fully saturated rings. The average molecular weight is 506 g/mol. The molecule has 0 bridgehead atoms. The van der Waals surface area contributed by atoms with E-state index in [1.165, 1.54) is 7.11 Å². The molecule has 3 amide bonds. The number of carbonyl (C=O) groups is 4. The zero-order valence-electron chi connectivity index (χ0n) is 20.5. The van der Waals surface area contributed by atoms with Gasteiger partial charge in [-0.3, -0.25) is 14.3 Å². The number of carbonyl (C=O) groups excluding carboxylic acids is 4. The molecular formula is C25H35N3O6S. The van der Waals surface area contributed by atoms with Gasteiger partial charge in [-0.15, -0.1) is 0 Å². The number of hydrogen-bond donors (Lipinski definition) is 3. The van der Waals surface area contributed by atoms with E-state index < -0.39 is 34.9 Å². The molecule has 2 aliphatic rings. The number of esters is 1. The lowest BCUT2D eigenvalue weighted by atomic mass is 9.98. The Morgan fingerprint density at radius 2 is 1.91 bits per heavy atom. The number of amides is 3. The second-order valence-electron chi connectivity index (χ2n) is 9.67. The van der Waals surface area contributed by atoms with Crippen molar-refractivity contribution in [2.75, 3.05) is 13.7 Å². The van der Waals surface area contributed by atoms with Crippen LogP contribution in [0.5, 0.6) is 0 Å². The van der Waals surface area contributed by atoms with Crippen LogP contribution in [0.25, 0.3) is 0 Å². The van der Waals surface area contributed by atoms with Crippen LogP contribution in [0.15, 0.2) is 30.3 Å².